The van der Waals surface area contributed by atoms with E-state index in [1.165, 1.54) is 32.1 Å². The van der Waals surface area contributed by atoms with Crippen LogP contribution in [0.2, 0.25) is 0 Å². The number of ether oxygens (including phenoxy) is 1. The fraction of sp³-hybridized carbons (Fsp3) is 0.391. The van der Waals surface area contributed by atoms with E-state index in [9.17, 15) is 4.79 Å². The molecule has 0 unspecified atom stereocenters. The van der Waals surface area contributed by atoms with Crippen molar-refractivity contribution in [2.24, 2.45) is 13.0 Å². The number of hydrogen-bond donors (Lipinski definition) is 1. The van der Waals surface area contributed by atoms with Crippen LogP contribution in [0, 0.1) is 5.92 Å². The predicted molar refractivity (Wildman–Crippen MR) is 112 cm³/mol. The van der Waals surface area contributed by atoms with Crippen molar-refractivity contribution in [3.05, 3.63) is 54.4 Å². The number of benzene rings is 1. The first kappa shape index (κ1) is 18.5. The Balaban J connectivity index is 1.42. The number of carbonyl (C=O) groups excluding carboxylic acids is 1. The minimum absolute atomic E-state index is 0.0856. The summed E-state index contributed by atoms with van der Waals surface area (Å²) in [6, 6.07) is 11.8. The van der Waals surface area contributed by atoms with Crippen molar-refractivity contribution in [3.63, 3.8) is 0 Å². The Kier molecular flexibility index (Phi) is 5.60. The number of hydrogen-bond acceptors (Lipinski definition) is 3. The van der Waals surface area contributed by atoms with E-state index in [4.69, 9.17) is 4.74 Å². The molecule has 146 valence electrons. The molecule has 1 saturated carbocycles. The Labute approximate surface area is 165 Å². The Morgan fingerprint density at radius 1 is 1.18 bits per heavy atom. The van der Waals surface area contributed by atoms with E-state index in [1.807, 2.05) is 37.5 Å². The van der Waals surface area contributed by atoms with Gasteiger partial charge in [-0.05, 0) is 42.5 Å². The van der Waals surface area contributed by atoms with E-state index in [0.29, 0.717) is 30.5 Å². The van der Waals surface area contributed by atoms with Crippen LogP contribution in [0.1, 0.15) is 37.7 Å². The molecule has 28 heavy (non-hydrogen) atoms. The second-order valence-electron chi connectivity index (χ2n) is 7.67. The first-order chi connectivity index (χ1) is 13.7. The van der Waals surface area contributed by atoms with Gasteiger partial charge in [0.15, 0.2) is 11.6 Å². The van der Waals surface area contributed by atoms with E-state index in [-0.39, 0.29) is 5.91 Å². The lowest BCUT2D eigenvalue weighted by Crippen LogP contribution is -2.18. The van der Waals surface area contributed by atoms with E-state index < -0.39 is 0 Å². The van der Waals surface area contributed by atoms with Crippen LogP contribution in [0.25, 0.3) is 10.9 Å². The van der Waals surface area contributed by atoms with Gasteiger partial charge < -0.3 is 14.6 Å². The molecule has 3 aromatic rings. The van der Waals surface area contributed by atoms with Crippen LogP contribution >= 0.6 is 0 Å². The van der Waals surface area contributed by atoms with Gasteiger partial charge in [0.2, 0.25) is 5.91 Å². The molecule has 0 bridgehead atoms. The lowest BCUT2D eigenvalue weighted by molar-refractivity contribution is -0.115. The Bertz CT molecular complexity index is 957. The van der Waals surface area contributed by atoms with Crippen LogP contribution < -0.4 is 10.1 Å². The van der Waals surface area contributed by atoms with Gasteiger partial charge in [-0.3, -0.25) is 4.79 Å². The van der Waals surface area contributed by atoms with E-state index in [2.05, 4.69) is 27.0 Å². The smallest absolute Gasteiger partial charge is 0.230 e. The summed E-state index contributed by atoms with van der Waals surface area (Å²) >= 11 is 0. The summed E-state index contributed by atoms with van der Waals surface area (Å²) in [4.78, 5) is 17.0. The Morgan fingerprint density at radius 3 is 2.86 bits per heavy atom. The highest BCUT2D eigenvalue weighted by molar-refractivity contribution is 5.96. The summed E-state index contributed by atoms with van der Waals surface area (Å²) in [5.41, 5.74) is 2.14. The van der Waals surface area contributed by atoms with Gasteiger partial charge in [-0.15, -0.1) is 0 Å². The summed E-state index contributed by atoms with van der Waals surface area (Å²) in [6.45, 7) is 0.692. The highest BCUT2D eigenvalue weighted by atomic mass is 16.5. The summed E-state index contributed by atoms with van der Waals surface area (Å²) in [5.74, 6) is 1.67. The van der Waals surface area contributed by atoms with Crippen LogP contribution in [0.3, 0.4) is 0 Å². The number of amides is 1. The molecule has 5 nitrogen and oxygen atoms in total. The lowest BCUT2D eigenvalue weighted by atomic mass is 9.90. The molecule has 1 aliphatic rings. The summed E-state index contributed by atoms with van der Waals surface area (Å²) in [7, 11) is 2.00. The number of nitrogens with one attached hydrogen (secondary N) is 1. The van der Waals surface area contributed by atoms with E-state index in [0.717, 1.165) is 16.5 Å². The summed E-state index contributed by atoms with van der Waals surface area (Å²) in [6.07, 6.45) is 10.4. The summed E-state index contributed by atoms with van der Waals surface area (Å²) in [5, 5.41) is 4.04. The average Bonchev–Trinajstić information content (AvgIpc) is 3.04. The number of carbonyl (C=O) groups is 1. The molecule has 0 spiro atoms. The fourth-order valence-electron chi connectivity index (χ4n) is 4.08. The van der Waals surface area contributed by atoms with Crippen LogP contribution in [0.5, 0.6) is 5.75 Å². The maximum Gasteiger partial charge on any atom is 0.230 e. The molecule has 1 aromatic carbocycles. The normalized spacial score (nSPS) is 14.9. The van der Waals surface area contributed by atoms with Gasteiger partial charge in [0.1, 0.15) is 0 Å². The third kappa shape index (κ3) is 4.19. The molecule has 0 saturated heterocycles. The van der Waals surface area contributed by atoms with Crippen molar-refractivity contribution >= 4 is 22.6 Å². The first-order valence-electron chi connectivity index (χ1n) is 10.1. The average molecular weight is 377 g/mol. The Hall–Kier alpha value is -2.82. The molecule has 1 N–H and O–H groups in total. The molecule has 2 heterocycles. The number of fused-ring (bicyclic) bond motifs is 1. The molecule has 0 atom stereocenters. The van der Waals surface area contributed by atoms with Gasteiger partial charge >= 0.3 is 0 Å². The zero-order valence-electron chi connectivity index (χ0n) is 16.4. The number of pyridine rings is 1. The number of nitrogens with zero attached hydrogens (tertiary/aromatic N) is 2. The van der Waals surface area contributed by atoms with E-state index in [1.54, 1.807) is 6.20 Å². The van der Waals surface area contributed by atoms with Crippen molar-refractivity contribution < 1.29 is 9.53 Å². The quantitative estimate of drug-likeness (QED) is 0.677. The number of aromatic nitrogens is 2. The number of para-hydroxylation sites is 1. The molecular formula is C23H27N3O2. The third-order valence-corrected chi connectivity index (χ3v) is 5.56. The highest BCUT2D eigenvalue weighted by Crippen LogP contribution is 2.27. The zero-order valence-corrected chi connectivity index (χ0v) is 16.4. The molecule has 5 heteroatoms. The van der Waals surface area contributed by atoms with Gasteiger partial charge in [0.05, 0.1) is 13.0 Å². The second-order valence-corrected chi connectivity index (χ2v) is 7.67. The monoisotopic (exact) mass is 377 g/mol. The largest absolute Gasteiger partial charge is 0.489 e. The van der Waals surface area contributed by atoms with Crippen molar-refractivity contribution in [3.8, 4) is 5.75 Å². The molecule has 0 aliphatic heterocycles. The Morgan fingerprint density at radius 2 is 2.00 bits per heavy atom. The fourth-order valence-corrected chi connectivity index (χ4v) is 4.08. The standard InChI is InChI=1S/C23H27N3O2/c1-26-15-18(19-10-5-6-11-20(19)26)14-22(27)25-23-21(12-7-13-24-23)28-16-17-8-3-2-4-9-17/h5-7,10-13,15,17H,2-4,8-9,14,16H2,1H3,(H,24,25,27). The lowest BCUT2D eigenvalue weighted by Gasteiger charge is -2.22. The molecule has 1 fully saturated rings. The second kappa shape index (κ2) is 8.46. The van der Waals surface area contributed by atoms with Gasteiger partial charge in [-0.1, -0.05) is 37.5 Å². The van der Waals surface area contributed by atoms with Crippen molar-refractivity contribution in [1.29, 1.82) is 0 Å². The molecular weight excluding hydrogens is 350 g/mol. The molecule has 4 rings (SSSR count). The predicted octanol–water partition coefficient (Wildman–Crippen LogP) is 4.71. The number of rotatable bonds is 6. The van der Waals surface area contributed by atoms with Gasteiger partial charge in [-0.2, -0.15) is 0 Å². The zero-order chi connectivity index (χ0) is 19.3. The third-order valence-electron chi connectivity index (χ3n) is 5.56. The van der Waals surface area contributed by atoms with Crippen molar-refractivity contribution in [2.75, 3.05) is 11.9 Å². The van der Waals surface area contributed by atoms with E-state index >= 15 is 0 Å². The summed E-state index contributed by atoms with van der Waals surface area (Å²) < 4.78 is 8.07. The van der Waals surface area contributed by atoms with Crippen molar-refractivity contribution in [2.45, 2.75) is 38.5 Å². The topological polar surface area (TPSA) is 56.2 Å². The SMILES string of the molecule is Cn1cc(CC(=O)Nc2ncccc2OCC2CCCCC2)c2ccccc21. The van der Waals surface area contributed by atoms with Crippen LogP contribution in [-0.4, -0.2) is 22.1 Å². The molecule has 1 aliphatic carbocycles. The minimum atomic E-state index is -0.0856. The maximum absolute atomic E-state index is 12.7. The number of anilines is 1. The van der Waals surface area contributed by atoms with Gasteiger partial charge in [0.25, 0.3) is 0 Å². The van der Waals surface area contributed by atoms with Crippen molar-refractivity contribution in [1.82, 2.24) is 9.55 Å². The minimum Gasteiger partial charge on any atom is -0.489 e. The molecule has 1 amide bonds. The van der Waals surface area contributed by atoms with Crippen LogP contribution in [-0.2, 0) is 18.3 Å². The first-order valence-corrected chi connectivity index (χ1v) is 10.1. The highest BCUT2D eigenvalue weighted by Gasteiger charge is 2.17. The van der Waals surface area contributed by atoms with Crippen LogP contribution in [0.15, 0.2) is 48.8 Å². The van der Waals surface area contributed by atoms with Gasteiger partial charge in [0, 0.05) is 30.3 Å². The van der Waals surface area contributed by atoms with Crippen LogP contribution in [0.4, 0.5) is 5.82 Å². The molecule has 0 radical (unpaired) electrons. The van der Waals surface area contributed by atoms with Gasteiger partial charge in [-0.25, -0.2) is 4.98 Å². The maximum atomic E-state index is 12.7. The number of aryl methyl sites for hydroxylation is 1. The molecule has 2 aromatic heterocycles.